The first kappa shape index (κ1) is 15.0. The maximum absolute atomic E-state index is 12.4. The van der Waals surface area contributed by atoms with Crippen LogP contribution < -0.4 is 10.0 Å². The maximum atomic E-state index is 12.4. The van der Waals surface area contributed by atoms with E-state index in [-0.39, 0.29) is 0 Å². The van der Waals surface area contributed by atoms with Crippen LogP contribution in [0.4, 0.5) is 5.69 Å². The third-order valence-electron chi connectivity index (χ3n) is 3.02. The van der Waals surface area contributed by atoms with Crippen LogP contribution in [-0.4, -0.2) is 15.0 Å². The van der Waals surface area contributed by atoms with Crippen molar-refractivity contribution in [3.05, 3.63) is 46.2 Å². The van der Waals surface area contributed by atoms with Crippen molar-refractivity contribution in [2.75, 3.05) is 11.3 Å². The second-order valence-corrected chi connectivity index (χ2v) is 6.87. The third kappa shape index (κ3) is 3.39. The molecule has 0 bridgehead atoms. The second kappa shape index (κ2) is 6.39. The van der Waals surface area contributed by atoms with Crippen molar-refractivity contribution in [1.29, 1.82) is 0 Å². The van der Waals surface area contributed by atoms with Crippen molar-refractivity contribution < 1.29 is 8.42 Å². The molecule has 4 nitrogen and oxygen atoms in total. The van der Waals surface area contributed by atoms with Crippen LogP contribution in [0, 0.1) is 6.92 Å². The summed E-state index contributed by atoms with van der Waals surface area (Å²) in [6.07, 6.45) is 0. The molecule has 0 aliphatic rings. The fourth-order valence-electron chi connectivity index (χ4n) is 1.93. The highest BCUT2D eigenvalue weighted by Gasteiger charge is 2.18. The van der Waals surface area contributed by atoms with Gasteiger partial charge in [0.25, 0.3) is 10.0 Å². The number of thiophene rings is 1. The zero-order valence-electron chi connectivity index (χ0n) is 11.5. The maximum Gasteiger partial charge on any atom is 0.262 e. The van der Waals surface area contributed by atoms with E-state index in [1.165, 1.54) is 11.3 Å². The van der Waals surface area contributed by atoms with E-state index in [4.69, 9.17) is 0 Å². The Morgan fingerprint density at radius 2 is 2.05 bits per heavy atom. The lowest BCUT2D eigenvalue weighted by atomic mass is 10.1. The molecule has 0 amide bonds. The summed E-state index contributed by atoms with van der Waals surface area (Å²) in [7, 11) is -3.53. The van der Waals surface area contributed by atoms with Gasteiger partial charge in [-0.15, -0.1) is 0 Å². The first-order valence-electron chi connectivity index (χ1n) is 6.39. The van der Waals surface area contributed by atoms with Gasteiger partial charge >= 0.3 is 0 Å². The molecule has 1 heterocycles. The topological polar surface area (TPSA) is 58.2 Å². The Bertz CT molecular complexity index is 664. The van der Waals surface area contributed by atoms with Crippen molar-refractivity contribution in [1.82, 2.24) is 5.32 Å². The molecule has 0 unspecified atom stereocenters. The number of sulfonamides is 1. The minimum absolute atomic E-state index is 0.333. The molecule has 1 aromatic carbocycles. The predicted octanol–water partition coefficient (Wildman–Crippen LogP) is 2.97. The van der Waals surface area contributed by atoms with Gasteiger partial charge in [0, 0.05) is 11.9 Å². The van der Waals surface area contributed by atoms with Gasteiger partial charge < -0.3 is 5.32 Å². The molecule has 0 aliphatic carbocycles. The monoisotopic (exact) mass is 310 g/mol. The molecule has 0 fully saturated rings. The third-order valence-corrected chi connectivity index (χ3v) is 5.23. The molecular weight excluding hydrogens is 292 g/mol. The minimum atomic E-state index is -3.53. The van der Waals surface area contributed by atoms with Crippen molar-refractivity contribution in [2.45, 2.75) is 25.3 Å². The molecular formula is C14H18N2O2S2. The van der Waals surface area contributed by atoms with E-state index in [9.17, 15) is 8.42 Å². The highest BCUT2D eigenvalue weighted by molar-refractivity contribution is 7.92. The van der Waals surface area contributed by atoms with Gasteiger partial charge in [-0.25, -0.2) is 8.42 Å². The lowest BCUT2D eigenvalue weighted by Gasteiger charge is -2.13. The molecule has 0 radical (unpaired) electrons. The van der Waals surface area contributed by atoms with Crippen LogP contribution in [0.25, 0.3) is 0 Å². The van der Waals surface area contributed by atoms with Crippen LogP contribution in [0.1, 0.15) is 18.1 Å². The fraction of sp³-hybridized carbons (Fsp3) is 0.286. The summed E-state index contributed by atoms with van der Waals surface area (Å²) in [5.41, 5.74) is 2.39. The molecule has 0 aliphatic heterocycles. The molecule has 6 heteroatoms. The van der Waals surface area contributed by atoms with Crippen LogP contribution in [0.2, 0.25) is 0 Å². The Morgan fingerprint density at radius 3 is 2.70 bits per heavy atom. The molecule has 20 heavy (non-hydrogen) atoms. The van der Waals surface area contributed by atoms with Crippen LogP contribution in [0.5, 0.6) is 0 Å². The molecule has 0 saturated carbocycles. The summed E-state index contributed by atoms with van der Waals surface area (Å²) in [4.78, 5) is 0.333. The summed E-state index contributed by atoms with van der Waals surface area (Å²) >= 11 is 1.46. The SMILES string of the molecule is CCNCc1cccc(S(=O)(=O)Nc2ccsc2)c1C. The number of hydrogen-bond donors (Lipinski definition) is 2. The van der Waals surface area contributed by atoms with Crippen LogP contribution in [0.15, 0.2) is 39.9 Å². The van der Waals surface area contributed by atoms with E-state index >= 15 is 0 Å². The Balaban J connectivity index is 2.32. The van der Waals surface area contributed by atoms with Gasteiger partial charge in [0.1, 0.15) is 0 Å². The van der Waals surface area contributed by atoms with E-state index in [2.05, 4.69) is 10.0 Å². The van der Waals surface area contributed by atoms with Gasteiger partial charge in [0.2, 0.25) is 0 Å². The standard InChI is InChI=1S/C14H18N2O2S2/c1-3-15-9-12-5-4-6-14(11(12)2)20(17,18)16-13-7-8-19-10-13/h4-8,10,15-16H,3,9H2,1-2H3. The highest BCUT2D eigenvalue weighted by Crippen LogP contribution is 2.23. The number of hydrogen-bond acceptors (Lipinski definition) is 4. The van der Waals surface area contributed by atoms with Crippen molar-refractivity contribution >= 4 is 27.0 Å². The summed E-state index contributed by atoms with van der Waals surface area (Å²) in [5.74, 6) is 0. The molecule has 0 spiro atoms. The van der Waals surface area contributed by atoms with Crippen molar-refractivity contribution in [3.8, 4) is 0 Å². The van der Waals surface area contributed by atoms with E-state index in [0.29, 0.717) is 17.1 Å². The van der Waals surface area contributed by atoms with Crippen LogP contribution in [0.3, 0.4) is 0 Å². The van der Waals surface area contributed by atoms with E-state index < -0.39 is 10.0 Å². The Kier molecular flexibility index (Phi) is 4.80. The van der Waals surface area contributed by atoms with Crippen molar-refractivity contribution in [3.63, 3.8) is 0 Å². The van der Waals surface area contributed by atoms with E-state index in [0.717, 1.165) is 17.7 Å². The van der Waals surface area contributed by atoms with Gasteiger partial charge in [0.05, 0.1) is 10.6 Å². The summed E-state index contributed by atoms with van der Waals surface area (Å²) < 4.78 is 27.4. The first-order valence-corrected chi connectivity index (χ1v) is 8.81. The number of nitrogens with one attached hydrogen (secondary N) is 2. The fourth-order valence-corrected chi connectivity index (χ4v) is 3.94. The lowest BCUT2D eigenvalue weighted by molar-refractivity contribution is 0.600. The quantitative estimate of drug-likeness (QED) is 0.862. The summed E-state index contributed by atoms with van der Waals surface area (Å²) in [5, 5.41) is 6.83. The largest absolute Gasteiger partial charge is 0.313 e. The normalized spacial score (nSPS) is 11.5. The Labute approximate surface area is 123 Å². The predicted molar refractivity (Wildman–Crippen MR) is 83.7 cm³/mol. The van der Waals surface area contributed by atoms with Gasteiger partial charge in [-0.3, -0.25) is 4.72 Å². The highest BCUT2D eigenvalue weighted by atomic mass is 32.2. The lowest BCUT2D eigenvalue weighted by Crippen LogP contribution is -2.17. The molecule has 2 N–H and O–H groups in total. The van der Waals surface area contributed by atoms with Gasteiger partial charge in [-0.1, -0.05) is 19.1 Å². The smallest absolute Gasteiger partial charge is 0.262 e. The molecule has 0 atom stereocenters. The Hall–Kier alpha value is -1.37. The minimum Gasteiger partial charge on any atom is -0.313 e. The molecule has 108 valence electrons. The average Bonchev–Trinajstić information content (AvgIpc) is 2.89. The number of benzene rings is 1. The number of anilines is 1. The van der Waals surface area contributed by atoms with Crippen LogP contribution in [-0.2, 0) is 16.6 Å². The summed E-state index contributed by atoms with van der Waals surface area (Å²) in [6, 6.07) is 7.11. The van der Waals surface area contributed by atoms with Crippen LogP contribution >= 0.6 is 11.3 Å². The van der Waals surface area contributed by atoms with E-state index in [1.54, 1.807) is 23.6 Å². The molecule has 1 aromatic heterocycles. The second-order valence-electron chi connectivity index (χ2n) is 4.44. The average molecular weight is 310 g/mol. The van der Waals surface area contributed by atoms with E-state index in [1.807, 2.05) is 25.3 Å². The zero-order valence-corrected chi connectivity index (χ0v) is 13.1. The van der Waals surface area contributed by atoms with Gasteiger partial charge in [0.15, 0.2) is 0 Å². The molecule has 0 saturated heterocycles. The molecule has 2 aromatic rings. The van der Waals surface area contributed by atoms with Gasteiger partial charge in [-0.05, 0) is 42.1 Å². The zero-order chi connectivity index (χ0) is 14.6. The van der Waals surface area contributed by atoms with Gasteiger partial charge in [-0.2, -0.15) is 11.3 Å². The summed E-state index contributed by atoms with van der Waals surface area (Å²) in [6.45, 7) is 5.39. The first-order chi connectivity index (χ1) is 9.54. The molecule has 2 rings (SSSR count). The number of rotatable bonds is 6. The van der Waals surface area contributed by atoms with Crippen molar-refractivity contribution in [2.24, 2.45) is 0 Å². The Morgan fingerprint density at radius 1 is 1.25 bits per heavy atom.